The lowest BCUT2D eigenvalue weighted by Crippen LogP contribution is -2.34. The second-order valence-corrected chi connectivity index (χ2v) is 5.27. The minimum atomic E-state index is -0.423. The summed E-state index contributed by atoms with van der Waals surface area (Å²) in [5.41, 5.74) is 0.892. The van der Waals surface area contributed by atoms with Gasteiger partial charge in [-0.2, -0.15) is 0 Å². The Balaban J connectivity index is 2.00. The van der Waals surface area contributed by atoms with E-state index in [2.05, 4.69) is 10.6 Å². The third kappa shape index (κ3) is 4.39. The van der Waals surface area contributed by atoms with E-state index in [1.807, 2.05) is 0 Å². The van der Waals surface area contributed by atoms with E-state index in [0.717, 1.165) is 0 Å². The average molecular weight is 343 g/mol. The number of carbonyl (C=O) groups is 1. The molecule has 0 fully saturated rings. The Labute approximate surface area is 136 Å². The van der Waals surface area contributed by atoms with E-state index >= 15 is 0 Å². The summed E-state index contributed by atoms with van der Waals surface area (Å²) in [6.07, 6.45) is 0. The fraction of sp³-hybridized carbons (Fsp3) is 0. The summed E-state index contributed by atoms with van der Waals surface area (Å²) < 4.78 is 12.8. The fourth-order valence-corrected chi connectivity index (χ4v) is 2.02. The molecule has 0 atom stereocenters. The fourth-order valence-electron chi connectivity index (χ4n) is 1.51. The average Bonchev–Trinajstić information content (AvgIpc) is 2.44. The van der Waals surface area contributed by atoms with E-state index in [4.69, 9.17) is 35.4 Å². The van der Waals surface area contributed by atoms with Gasteiger partial charge in [0, 0.05) is 11.3 Å². The lowest BCUT2D eigenvalue weighted by atomic mass is 10.2. The molecular weight excluding hydrogens is 334 g/mol. The first-order valence-corrected chi connectivity index (χ1v) is 6.95. The van der Waals surface area contributed by atoms with Gasteiger partial charge in [0.15, 0.2) is 5.11 Å². The van der Waals surface area contributed by atoms with Crippen molar-refractivity contribution in [2.75, 3.05) is 5.32 Å². The van der Waals surface area contributed by atoms with E-state index in [1.165, 1.54) is 42.5 Å². The molecule has 21 heavy (non-hydrogen) atoms. The van der Waals surface area contributed by atoms with Crippen molar-refractivity contribution < 1.29 is 9.18 Å². The third-order valence-electron chi connectivity index (χ3n) is 2.51. The Kier molecular flexibility index (Phi) is 5.12. The zero-order valence-electron chi connectivity index (χ0n) is 10.5. The van der Waals surface area contributed by atoms with E-state index < -0.39 is 5.91 Å². The Hall–Kier alpha value is -1.69. The van der Waals surface area contributed by atoms with Gasteiger partial charge < -0.3 is 5.32 Å². The van der Waals surface area contributed by atoms with E-state index in [0.29, 0.717) is 16.3 Å². The number of hydrogen-bond donors (Lipinski definition) is 2. The number of thiocarbonyl (C=S) groups is 1. The zero-order valence-corrected chi connectivity index (χ0v) is 12.8. The minimum Gasteiger partial charge on any atom is -0.332 e. The summed E-state index contributed by atoms with van der Waals surface area (Å²) in [5.74, 6) is -0.778. The molecule has 0 aromatic heterocycles. The standard InChI is InChI=1S/C14H9Cl2FN2OS/c15-11-6-1-8(7-12(11)16)13(20)19-14(21)18-10-4-2-9(17)3-5-10/h1-7H,(H2,18,19,20,21). The Morgan fingerprint density at radius 1 is 1.05 bits per heavy atom. The number of anilines is 1. The molecule has 0 heterocycles. The molecule has 7 heteroatoms. The van der Waals surface area contributed by atoms with Crippen LogP contribution in [0.1, 0.15) is 10.4 Å². The predicted molar refractivity (Wildman–Crippen MR) is 86.5 cm³/mol. The topological polar surface area (TPSA) is 41.1 Å². The van der Waals surface area contributed by atoms with Gasteiger partial charge in [-0.05, 0) is 54.7 Å². The smallest absolute Gasteiger partial charge is 0.257 e. The number of rotatable bonds is 2. The number of halogens is 3. The number of benzene rings is 2. The molecule has 108 valence electrons. The van der Waals surface area contributed by atoms with Gasteiger partial charge in [0.25, 0.3) is 5.91 Å². The van der Waals surface area contributed by atoms with Crippen LogP contribution >= 0.6 is 35.4 Å². The van der Waals surface area contributed by atoms with Gasteiger partial charge in [-0.3, -0.25) is 10.1 Å². The normalized spacial score (nSPS) is 10.0. The van der Waals surface area contributed by atoms with Gasteiger partial charge in [0.05, 0.1) is 10.0 Å². The summed E-state index contributed by atoms with van der Waals surface area (Å²) in [6, 6.07) is 10.1. The van der Waals surface area contributed by atoms with Crippen molar-refractivity contribution in [2.24, 2.45) is 0 Å². The molecule has 2 aromatic carbocycles. The molecule has 3 nitrogen and oxygen atoms in total. The molecule has 0 radical (unpaired) electrons. The van der Waals surface area contributed by atoms with E-state index in [1.54, 1.807) is 0 Å². The van der Waals surface area contributed by atoms with Crippen molar-refractivity contribution in [3.05, 3.63) is 63.9 Å². The maximum absolute atomic E-state index is 12.8. The summed E-state index contributed by atoms with van der Waals surface area (Å²) >= 11 is 16.6. The highest BCUT2D eigenvalue weighted by Crippen LogP contribution is 2.22. The van der Waals surface area contributed by atoms with Gasteiger partial charge in [0.1, 0.15) is 5.82 Å². The van der Waals surface area contributed by atoms with Crippen molar-refractivity contribution in [2.45, 2.75) is 0 Å². The van der Waals surface area contributed by atoms with Crippen molar-refractivity contribution in [3.8, 4) is 0 Å². The van der Waals surface area contributed by atoms with Gasteiger partial charge in [-0.1, -0.05) is 23.2 Å². The van der Waals surface area contributed by atoms with Crippen LogP contribution < -0.4 is 10.6 Å². The minimum absolute atomic E-state index is 0.0951. The Bertz CT molecular complexity index is 692. The molecule has 0 saturated carbocycles. The highest BCUT2D eigenvalue weighted by Gasteiger charge is 2.10. The van der Waals surface area contributed by atoms with Crippen molar-refractivity contribution >= 4 is 52.1 Å². The van der Waals surface area contributed by atoms with Crippen molar-refractivity contribution in [1.29, 1.82) is 0 Å². The molecule has 0 unspecified atom stereocenters. The van der Waals surface area contributed by atoms with Gasteiger partial charge in [-0.15, -0.1) is 0 Å². The van der Waals surface area contributed by atoms with Crippen LogP contribution in [0.3, 0.4) is 0 Å². The van der Waals surface area contributed by atoms with Gasteiger partial charge in [0.2, 0.25) is 0 Å². The molecule has 2 rings (SSSR count). The lowest BCUT2D eigenvalue weighted by molar-refractivity contribution is 0.0977. The Morgan fingerprint density at radius 3 is 2.33 bits per heavy atom. The van der Waals surface area contributed by atoms with Crippen LogP contribution in [0.25, 0.3) is 0 Å². The molecule has 0 aliphatic rings. The molecule has 2 N–H and O–H groups in total. The molecular formula is C14H9Cl2FN2OS. The van der Waals surface area contributed by atoms with Crippen LogP contribution in [0.5, 0.6) is 0 Å². The molecule has 0 aliphatic carbocycles. The van der Waals surface area contributed by atoms with Gasteiger partial charge in [-0.25, -0.2) is 4.39 Å². The molecule has 1 amide bonds. The molecule has 0 spiro atoms. The summed E-state index contributed by atoms with van der Waals surface area (Å²) in [7, 11) is 0. The number of hydrogen-bond acceptors (Lipinski definition) is 2. The molecule has 2 aromatic rings. The highest BCUT2D eigenvalue weighted by atomic mass is 35.5. The quantitative estimate of drug-likeness (QED) is 0.801. The number of carbonyl (C=O) groups excluding carboxylic acids is 1. The first-order chi connectivity index (χ1) is 9.95. The van der Waals surface area contributed by atoms with Crippen LogP contribution in [0.2, 0.25) is 10.0 Å². The number of nitrogens with one attached hydrogen (secondary N) is 2. The van der Waals surface area contributed by atoms with Crippen LogP contribution in [-0.4, -0.2) is 11.0 Å². The zero-order chi connectivity index (χ0) is 15.4. The van der Waals surface area contributed by atoms with E-state index in [-0.39, 0.29) is 16.0 Å². The first-order valence-electron chi connectivity index (χ1n) is 5.78. The molecule has 0 bridgehead atoms. The van der Waals surface area contributed by atoms with Crippen LogP contribution in [-0.2, 0) is 0 Å². The maximum atomic E-state index is 12.8. The SMILES string of the molecule is O=C(NC(=S)Nc1ccc(F)cc1)c1ccc(Cl)c(Cl)c1. The van der Waals surface area contributed by atoms with Crippen molar-refractivity contribution in [3.63, 3.8) is 0 Å². The molecule has 0 saturated heterocycles. The molecule has 0 aliphatic heterocycles. The highest BCUT2D eigenvalue weighted by molar-refractivity contribution is 7.80. The summed E-state index contributed by atoms with van der Waals surface area (Å²) in [5, 5.41) is 6.00. The number of amides is 1. The first kappa shape index (κ1) is 15.7. The second-order valence-electron chi connectivity index (χ2n) is 4.04. The largest absolute Gasteiger partial charge is 0.332 e. The van der Waals surface area contributed by atoms with Crippen LogP contribution in [0, 0.1) is 5.82 Å². The van der Waals surface area contributed by atoms with Gasteiger partial charge >= 0.3 is 0 Å². The van der Waals surface area contributed by atoms with Crippen LogP contribution in [0.4, 0.5) is 10.1 Å². The summed E-state index contributed by atoms with van der Waals surface area (Å²) in [4.78, 5) is 12.0. The van der Waals surface area contributed by atoms with Crippen molar-refractivity contribution in [1.82, 2.24) is 5.32 Å². The monoisotopic (exact) mass is 342 g/mol. The lowest BCUT2D eigenvalue weighted by Gasteiger charge is -2.10. The van der Waals surface area contributed by atoms with Crippen LogP contribution in [0.15, 0.2) is 42.5 Å². The predicted octanol–water partition coefficient (Wildman–Crippen LogP) is 4.26. The van der Waals surface area contributed by atoms with E-state index in [9.17, 15) is 9.18 Å². The second kappa shape index (κ2) is 6.85. The summed E-state index contributed by atoms with van der Waals surface area (Å²) in [6.45, 7) is 0. The third-order valence-corrected chi connectivity index (χ3v) is 3.45. The Morgan fingerprint density at radius 2 is 1.71 bits per heavy atom. The maximum Gasteiger partial charge on any atom is 0.257 e.